The number of aliphatic hydroxyl groups excluding tert-OH is 1. The van der Waals surface area contributed by atoms with E-state index in [-0.39, 0.29) is 16.6 Å². The molecule has 2 unspecified atom stereocenters. The fourth-order valence-corrected chi connectivity index (χ4v) is 6.12. The molecule has 0 amide bonds. The van der Waals surface area contributed by atoms with Gasteiger partial charge in [0.1, 0.15) is 6.10 Å². The largest absolute Gasteiger partial charge is 0.510 e. The molecule has 0 aliphatic carbocycles. The molecule has 15 heteroatoms. The number of halogens is 2. The van der Waals surface area contributed by atoms with Crippen molar-refractivity contribution in [2.24, 2.45) is 0 Å². The maximum atomic E-state index is 15.7. The lowest BCUT2D eigenvalue weighted by Gasteiger charge is -2.26. The fraction of sp³-hybridized carbons (Fsp3) is 0.697. The van der Waals surface area contributed by atoms with E-state index in [0.29, 0.717) is 6.42 Å². The molecule has 12 nitrogen and oxygen atoms in total. The maximum Gasteiger partial charge on any atom is 0.510 e. The van der Waals surface area contributed by atoms with E-state index in [0.717, 1.165) is 37.8 Å². The summed E-state index contributed by atoms with van der Waals surface area (Å²) in [4.78, 5) is 26.6. The topological polar surface area (TPSA) is 163 Å². The molecule has 0 fully saturated rings. The first-order chi connectivity index (χ1) is 22.8. The number of hydrogen-bond donors (Lipinski definition) is 3. The van der Waals surface area contributed by atoms with Gasteiger partial charge in [-0.25, -0.2) is 9.59 Å². The molecule has 1 aromatic carbocycles. The molecule has 1 heterocycles. The van der Waals surface area contributed by atoms with Crippen LogP contribution in [0.4, 0.5) is 18.4 Å². The summed E-state index contributed by atoms with van der Waals surface area (Å²) in [6.07, 6.45) is 9.45. The van der Waals surface area contributed by atoms with E-state index in [1.807, 2.05) is 0 Å². The Morgan fingerprint density at radius 1 is 0.812 bits per heavy atom. The van der Waals surface area contributed by atoms with Gasteiger partial charge in [-0.3, -0.25) is 13.6 Å². The highest BCUT2D eigenvalue weighted by Crippen LogP contribution is 2.67. The van der Waals surface area contributed by atoms with E-state index in [4.69, 9.17) is 23.3 Å². The summed E-state index contributed by atoms with van der Waals surface area (Å²) in [6, 6.07) is 4.29. The zero-order valence-electron chi connectivity index (χ0n) is 28.4. The van der Waals surface area contributed by atoms with Gasteiger partial charge in [0.05, 0.1) is 11.8 Å². The number of fused-ring (bicyclic) bond motifs is 1. The van der Waals surface area contributed by atoms with Gasteiger partial charge in [0.25, 0.3) is 0 Å². The van der Waals surface area contributed by atoms with Crippen molar-refractivity contribution in [1.82, 2.24) is 4.98 Å². The second-order valence-corrected chi connectivity index (χ2v) is 14.1. The molecule has 1 aromatic heterocycles. The van der Waals surface area contributed by atoms with Crippen molar-refractivity contribution in [1.29, 1.82) is 0 Å². The van der Waals surface area contributed by atoms with Gasteiger partial charge in [-0.05, 0) is 51.8 Å². The lowest BCUT2D eigenvalue weighted by atomic mass is 10.0. The molecule has 2 rings (SSSR count). The third kappa shape index (κ3) is 14.4. The van der Waals surface area contributed by atoms with E-state index in [9.17, 15) is 24.4 Å². The van der Waals surface area contributed by atoms with E-state index < -0.39 is 63.2 Å². The van der Waals surface area contributed by atoms with Crippen LogP contribution >= 0.6 is 7.60 Å². The van der Waals surface area contributed by atoms with Crippen LogP contribution in [-0.4, -0.2) is 53.3 Å². The van der Waals surface area contributed by atoms with Crippen molar-refractivity contribution in [3.8, 4) is 0 Å². The molecule has 2 aromatic rings. The van der Waals surface area contributed by atoms with Crippen LogP contribution in [0.1, 0.15) is 129 Å². The molecule has 0 aliphatic heterocycles. The van der Waals surface area contributed by atoms with Gasteiger partial charge in [0.15, 0.2) is 6.29 Å². The van der Waals surface area contributed by atoms with Crippen molar-refractivity contribution in [2.45, 2.75) is 135 Å². The van der Waals surface area contributed by atoms with Crippen LogP contribution in [0.2, 0.25) is 0 Å². The number of unbranched alkanes of at least 4 members (excludes halogenated alkanes) is 11. The zero-order chi connectivity index (χ0) is 35.6. The van der Waals surface area contributed by atoms with Gasteiger partial charge in [-0.1, -0.05) is 83.6 Å². The number of nitrogens with one attached hydrogen (secondary N) is 1. The first-order valence-corrected chi connectivity index (χ1v) is 18.3. The number of aromatic amines is 1. The first-order valence-electron chi connectivity index (χ1n) is 16.7. The van der Waals surface area contributed by atoms with Crippen LogP contribution in [-0.2, 0) is 38.2 Å². The molecule has 3 N–H and O–H groups in total. The Morgan fingerprint density at radius 3 is 1.85 bits per heavy atom. The van der Waals surface area contributed by atoms with Crippen LogP contribution in [0.15, 0.2) is 24.3 Å². The number of aromatic nitrogens is 1. The van der Waals surface area contributed by atoms with Crippen molar-refractivity contribution < 1.29 is 61.1 Å². The highest BCUT2D eigenvalue weighted by molar-refractivity contribution is 7.54. The normalized spacial score (nSPS) is 13.9. The Bertz CT molecular complexity index is 1290. The molecule has 48 heavy (non-hydrogen) atoms. The van der Waals surface area contributed by atoms with Crippen LogP contribution in [0.5, 0.6) is 0 Å². The monoisotopic (exact) mass is 707 g/mol. The molecule has 0 spiro atoms. The van der Waals surface area contributed by atoms with E-state index >= 15 is 8.78 Å². The van der Waals surface area contributed by atoms with Gasteiger partial charge in [-0.2, -0.15) is 8.78 Å². The summed E-state index contributed by atoms with van der Waals surface area (Å²) in [5.41, 5.74) is -4.95. The third-order valence-electron chi connectivity index (χ3n) is 7.50. The number of carbonyl (C=O) groups excluding carboxylic acids is 2. The van der Waals surface area contributed by atoms with Crippen molar-refractivity contribution in [3.05, 3.63) is 35.5 Å². The third-order valence-corrected chi connectivity index (χ3v) is 9.34. The standard InChI is InChI=1S/C33H52F2NO11P/c1-5-6-7-8-9-10-11-12-13-14-15-16-17-25(4)47-32(40)43-23-45-48(41,44-22-42-31(39)46-24(2)3)33(34,35)27-18-19-28-26(20-27)21-29(36-28)30(37)38/h18-21,24-25,30,36-38H,5-17,22-23H2,1-4H3. The van der Waals surface area contributed by atoms with Crippen molar-refractivity contribution in [2.75, 3.05) is 13.6 Å². The highest BCUT2D eigenvalue weighted by atomic mass is 31.2. The quantitative estimate of drug-likeness (QED) is 0.0412. The Hall–Kier alpha value is -2.77. The molecular weight excluding hydrogens is 655 g/mol. The maximum absolute atomic E-state index is 15.7. The van der Waals surface area contributed by atoms with E-state index in [1.165, 1.54) is 77.3 Å². The van der Waals surface area contributed by atoms with Gasteiger partial charge in [-0.15, -0.1) is 0 Å². The second-order valence-electron chi connectivity index (χ2n) is 12.0. The summed E-state index contributed by atoms with van der Waals surface area (Å²) in [5.74, 6) is 0. The smallest absolute Gasteiger partial charge is 0.432 e. The summed E-state index contributed by atoms with van der Waals surface area (Å²) in [7, 11) is -5.57. The van der Waals surface area contributed by atoms with Gasteiger partial charge in [0.2, 0.25) is 13.6 Å². The number of aliphatic hydroxyl groups is 2. The van der Waals surface area contributed by atoms with Crippen LogP contribution in [0.25, 0.3) is 10.9 Å². The van der Waals surface area contributed by atoms with E-state index in [2.05, 4.69) is 16.6 Å². The van der Waals surface area contributed by atoms with Gasteiger partial charge >= 0.3 is 25.6 Å². The summed E-state index contributed by atoms with van der Waals surface area (Å²) in [6.45, 7) is 4.49. The summed E-state index contributed by atoms with van der Waals surface area (Å²) in [5, 5.41) is 18.9. The van der Waals surface area contributed by atoms with Gasteiger partial charge in [0, 0.05) is 16.5 Å². The molecule has 2 atom stereocenters. The fourth-order valence-electron chi connectivity index (χ4n) is 4.88. The minimum atomic E-state index is -5.57. The molecular formula is C33H52F2NO11P. The van der Waals surface area contributed by atoms with Crippen LogP contribution < -0.4 is 0 Å². The average Bonchev–Trinajstić information content (AvgIpc) is 3.45. The zero-order valence-corrected chi connectivity index (χ0v) is 29.3. The molecule has 0 aliphatic rings. The lowest BCUT2D eigenvalue weighted by molar-refractivity contribution is -0.0539. The Labute approximate surface area is 281 Å². The van der Waals surface area contributed by atoms with Crippen LogP contribution in [0.3, 0.4) is 0 Å². The van der Waals surface area contributed by atoms with Crippen molar-refractivity contribution >= 4 is 30.8 Å². The predicted molar refractivity (Wildman–Crippen MR) is 174 cm³/mol. The second kappa shape index (κ2) is 21.3. The molecule has 274 valence electrons. The van der Waals surface area contributed by atoms with Gasteiger partial charge < -0.3 is 34.1 Å². The molecule has 0 radical (unpaired) electrons. The van der Waals surface area contributed by atoms with Crippen molar-refractivity contribution in [3.63, 3.8) is 0 Å². The molecule has 0 saturated heterocycles. The number of rotatable bonds is 24. The number of hydrogen-bond acceptors (Lipinski definition) is 11. The Balaban J connectivity index is 1.87. The van der Waals surface area contributed by atoms with Crippen LogP contribution in [0, 0.1) is 0 Å². The predicted octanol–water partition coefficient (Wildman–Crippen LogP) is 9.54. The Morgan fingerprint density at radius 2 is 1.33 bits per heavy atom. The molecule has 0 bridgehead atoms. The minimum Gasteiger partial charge on any atom is -0.432 e. The number of benzene rings is 1. The number of H-pyrrole nitrogens is 1. The summed E-state index contributed by atoms with van der Waals surface area (Å²) < 4.78 is 73.9. The average molecular weight is 708 g/mol. The SMILES string of the molecule is CCCCCCCCCCCCCCC(C)OC(=O)OCOP(=O)(OCOC(=O)OC(C)C)C(F)(F)c1ccc2[nH]c(C(O)O)cc2c1. The van der Waals surface area contributed by atoms with E-state index in [1.54, 1.807) is 6.92 Å². The molecule has 0 saturated carbocycles. The minimum absolute atomic E-state index is 0.0573. The number of alkyl halides is 2. The number of ether oxygens (including phenoxy) is 4. The number of carbonyl (C=O) groups is 2. The summed E-state index contributed by atoms with van der Waals surface area (Å²) >= 11 is 0. The lowest BCUT2D eigenvalue weighted by Crippen LogP contribution is -2.22. The first kappa shape index (κ1) is 41.4. The Kier molecular flexibility index (Phi) is 18.4. The highest BCUT2D eigenvalue weighted by Gasteiger charge is 2.56.